The van der Waals surface area contributed by atoms with Crippen LogP contribution in [0.4, 0.5) is 0 Å². The summed E-state index contributed by atoms with van der Waals surface area (Å²) in [5, 5.41) is 2.97. The van der Waals surface area contributed by atoms with Crippen LogP contribution in [-0.2, 0) is 9.53 Å². The van der Waals surface area contributed by atoms with Crippen molar-refractivity contribution in [2.24, 2.45) is 11.1 Å². The normalized spacial score (nSPS) is 18.5. The fraction of sp³-hybridized carbons (Fsp3) is 0.562. The molecule has 1 saturated heterocycles. The summed E-state index contributed by atoms with van der Waals surface area (Å²) in [5.41, 5.74) is 5.34. The largest absolute Gasteiger partial charge is 0.488 e. The summed E-state index contributed by atoms with van der Waals surface area (Å²) in [6.45, 7) is 3.91. The average Bonchev–Trinajstić information content (AvgIpc) is 2.55. The predicted octanol–water partition coefficient (Wildman–Crippen LogP) is 2.09. The molecule has 1 unspecified atom stereocenters. The highest BCUT2D eigenvalue weighted by Crippen LogP contribution is 2.29. The van der Waals surface area contributed by atoms with Crippen LogP contribution >= 0.6 is 15.9 Å². The van der Waals surface area contributed by atoms with E-state index in [0.717, 1.165) is 10.2 Å². The van der Waals surface area contributed by atoms with Crippen molar-refractivity contribution < 1.29 is 14.3 Å². The fourth-order valence-electron chi connectivity index (χ4n) is 2.51. The molecule has 1 aliphatic rings. The number of nitrogens with two attached hydrogens (primary N) is 1. The van der Waals surface area contributed by atoms with Crippen molar-refractivity contribution in [1.29, 1.82) is 0 Å². The third-order valence-corrected chi connectivity index (χ3v) is 4.69. The maximum absolute atomic E-state index is 12.5. The fourth-order valence-corrected chi connectivity index (χ4v) is 2.89. The van der Waals surface area contributed by atoms with Gasteiger partial charge in [-0.2, -0.15) is 0 Å². The number of amides is 1. The number of benzene rings is 1. The molecule has 22 heavy (non-hydrogen) atoms. The summed E-state index contributed by atoms with van der Waals surface area (Å²) in [6.07, 6.45) is 1.22. The molecule has 5 nitrogen and oxygen atoms in total. The Labute approximate surface area is 139 Å². The van der Waals surface area contributed by atoms with E-state index < -0.39 is 5.41 Å². The number of carbonyl (C=O) groups excluding carboxylic acids is 1. The van der Waals surface area contributed by atoms with Gasteiger partial charge >= 0.3 is 0 Å². The molecular weight excluding hydrogens is 348 g/mol. The summed E-state index contributed by atoms with van der Waals surface area (Å²) < 4.78 is 12.1. The first-order valence-corrected chi connectivity index (χ1v) is 8.34. The molecule has 1 fully saturated rings. The maximum atomic E-state index is 12.5. The zero-order valence-electron chi connectivity index (χ0n) is 12.8. The molecule has 1 aromatic rings. The van der Waals surface area contributed by atoms with E-state index in [4.69, 9.17) is 15.2 Å². The minimum absolute atomic E-state index is 0.000812. The molecule has 0 aliphatic carbocycles. The Morgan fingerprint density at radius 1 is 1.45 bits per heavy atom. The maximum Gasteiger partial charge on any atom is 0.227 e. The van der Waals surface area contributed by atoms with E-state index in [2.05, 4.69) is 21.2 Å². The monoisotopic (exact) mass is 370 g/mol. The molecule has 122 valence electrons. The van der Waals surface area contributed by atoms with Crippen molar-refractivity contribution in [2.45, 2.75) is 25.9 Å². The summed E-state index contributed by atoms with van der Waals surface area (Å²) in [4.78, 5) is 12.5. The van der Waals surface area contributed by atoms with Crippen LogP contribution in [0.2, 0.25) is 0 Å². The first kappa shape index (κ1) is 17.2. The number of carbonyl (C=O) groups is 1. The standard InChI is InChI=1S/C16H23BrN2O3/c1-12(22-14-5-3-2-4-13(14)17)10-19-15(20)16(11-18)6-8-21-9-7-16/h2-5,12H,6-11,18H2,1H3,(H,19,20). The Morgan fingerprint density at radius 3 is 2.77 bits per heavy atom. The smallest absolute Gasteiger partial charge is 0.227 e. The quantitative estimate of drug-likeness (QED) is 0.803. The zero-order chi connectivity index (χ0) is 16.0. The number of nitrogens with one attached hydrogen (secondary N) is 1. The van der Waals surface area contributed by atoms with Gasteiger partial charge in [0.05, 0.1) is 16.4 Å². The molecule has 0 spiro atoms. The zero-order valence-corrected chi connectivity index (χ0v) is 14.4. The van der Waals surface area contributed by atoms with Crippen molar-refractivity contribution >= 4 is 21.8 Å². The van der Waals surface area contributed by atoms with Crippen LogP contribution in [0.15, 0.2) is 28.7 Å². The van der Waals surface area contributed by atoms with Gasteiger partial charge in [-0.1, -0.05) is 12.1 Å². The van der Waals surface area contributed by atoms with Crippen LogP contribution in [0.1, 0.15) is 19.8 Å². The highest BCUT2D eigenvalue weighted by Gasteiger charge is 2.38. The van der Waals surface area contributed by atoms with Crippen molar-refractivity contribution in [1.82, 2.24) is 5.32 Å². The Bertz CT molecular complexity index is 504. The lowest BCUT2D eigenvalue weighted by Gasteiger charge is -2.34. The van der Waals surface area contributed by atoms with E-state index in [1.807, 2.05) is 31.2 Å². The Hall–Kier alpha value is -1.11. The van der Waals surface area contributed by atoms with Gasteiger partial charge in [0.15, 0.2) is 0 Å². The summed E-state index contributed by atoms with van der Waals surface area (Å²) in [5.74, 6) is 0.768. The summed E-state index contributed by atoms with van der Waals surface area (Å²) in [7, 11) is 0. The molecule has 2 rings (SSSR count). The van der Waals surface area contributed by atoms with Crippen LogP contribution in [0.5, 0.6) is 5.75 Å². The van der Waals surface area contributed by atoms with Crippen LogP contribution in [0.25, 0.3) is 0 Å². The molecule has 3 N–H and O–H groups in total. The van der Waals surface area contributed by atoms with Gasteiger partial charge in [0.2, 0.25) is 5.91 Å². The van der Waals surface area contributed by atoms with Crippen molar-refractivity contribution in [3.63, 3.8) is 0 Å². The molecule has 0 bridgehead atoms. The first-order valence-electron chi connectivity index (χ1n) is 7.55. The van der Waals surface area contributed by atoms with Crippen LogP contribution in [0.3, 0.4) is 0 Å². The lowest BCUT2D eigenvalue weighted by atomic mass is 9.79. The van der Waals surface area contributed by atoms with Gasteiger partial charge in [-0.05, 0) is 47.8 Å². The highest BCUT2D eigenvalue weighted by atomic mass is 79.9. The average molecular weight is 371 g/mol. The topological polar surface area (TPSA) is 73.6 Å². The number of hydrogen-bond donors (Lipinski definition) is 2. The Kier molecular flexibility index (Phi) is 6.23. The molecule has 6 heteroatoms. The second-order valence-corrected chi connectivity index (χ2v) is 6.52. The number of rotatable bonds is 6. The number of halogens is 1. The second kappa shape index (κ2) is 7.94. The molecule has 1 amide bonds. The Balaban J connectivity index is 1.86. The molecular formula is C16H23BrN2O3. The van der Waals surface area contributed by atoms with Gasteiger partial charge in [0.25, 0.3) is 0 Å². The van der Waals surface area contributed by atoms with E-state index in [0.29, 0.717) is 39.1 Å². The Morgan fingerprint density at radius 2 is 2.14 bits per heavy atom. The minimum Gasteiger partial charge on any atom is -0.488 e. The van der Waals surface area contributed by atoms with Gasteiger partial charge in [-0.25, -0.2) is 0 Å². The van der Waals surface area contributed by atoms with E-state index in [9.17, 15) is 4.79 Å². The summed E-state index contributed by atoms with van der Waals surface area (Å²) >= 11 is 3.44. The van der Waals surface area contributed by atoms with Gasteiger partial charge in [0.1, 0.15) is 11.9 Å². The molecule has 0 aromatic heterocycles. The first-order chi connectivity index (χ1) is 10.6. The van der Waals surface area contributed by atoms with Crippen LogP contribution in [-0.4, -0.2) is 38.3 Å². The third kappa shape index (κ3) is 4.21. The van der Waals surface area contributed by atoms with E-state index in [-0.39, 0.29) is 12.0 Å². The van der Waals surface area contributed by atoms with Crippen molar-refractivity contribution in [3.8, 4) is 5.75 Å². The molecule has 1 aromatic carbocycles. The van der Waals surface area contributed by atoms with Gasteiger partial charge in [-0.3, -0.25) is 4.79 Å². The van der Waals surface area contributed by atoms with Gasteiger partial charge in [0, 0.05) is 19.8 Å². The predicted molar refractivity (Wildman–Crippen MR) is 88.8 cm³/mol. The van der Waals surface area contributed by atoms with Gasteiger partial charge < -0.3 is 20.5 Å². The van der Waals surface area contributed by atoms with Crippen LogP contribution < -0.4 is 15.8 Å². The van der Waals surface area contributed by atoms with Gasteiger partial charge in [-0.15, -0.1) is 0 Å². The number of ether oxygens (including phenoxy) is 2. The van der Waals surface area contributed by atoms with Crippen molar-refractivity contribution in [3.05, 3.63) is 28.7 Å². The lowest BCUT2D eigenvalue weighted by Crippen LogP contribution is -2.50. The molecule has 1 atom stereocenters. The molecule has 0 radical (unpaired) electrons. The number of hydrogen-bond acceptors (Lipinski definition) is 4. The van der Waals surface area contributed by atoms with E-state index in [1.54, 1.807) is 0 Å². The highest BCUT2D eigenvalue weighted by molar-refractivity contribution is 9.10. The minimum atomic E-state index is -0.495. The lowest BCUT2D eigenvalue weighted by molar-refractivity contribution is -0.136. The molecule has 1 heterocycles. The summed E-state index contributed by atoms with van der Waals surface area (Å²) in [6, 6.07) is 7.66. The molecule has 0 saturated carbocycles. The SMILES string of the molecule is CC(CNC(=O)C1(CN)CCOCC1)Oc1ccccc1Br. The number of para-hydroxylation sites is 1. The molecule has 1 aliphatic heterocycles. The van der Waals surface area contributed by atoms with Crippen LogP contribution in [0, 0.1) is 5.41 Å². The van der Waals surface area contributed by atoms with E-state index in [1.165, 1.54) is 0 Å². The second-order valence-electron chi connectivity index (χ2n) is 5.67. The van der Waals surface area contributed by atoms with Crippen molar-refractivity contribution in [2.75, 3.05) is 26.3 Å². The van der Waals surface area contributed by atoms with E-state index >= 15 is 0 Å². The third-order valence-electron chi connectivity index (χ3n) is 4.04.